The van der Waals surface area contributed by atoms with Crippen LogP contribution < -0.4 is 0 Å². The van der Waals surface area contributed by atoms with Gasteiger partial charge in [0, 0.05) is 12.6 Å². The van der Waals surface area contributed by atoms with Crippen LogP contribution in [0.5, 0.6) is 0 Å². The number of rotatable bonds is 2. The highest BCUT2D eigenvalue weighted by atomic mass is 16.1. The van der Waals surface area contributed by atoms with Crippen molar-refractivity contribution in [3.05, 3.63) is 23.3 Å². The predicted octanol–water partition coefficient (Wildman–Crippen LogP) is 1.20. The maximum atomic E-state index is 11.3. The molecule has 0 atom stereocenters. The predicted molar refractivity (Wildman–Crippen MR) is 54.9 cm³/mol. The molecule has 0 fully saturated rings. The third kappa shape index (κ3) is 1.49. The molecule has 2 aromatic rings. The third-order valence-corrected chi connectivity index (χ3v) is 2.35. The Labute approximate surface area is 87.2 Å². The molecule has 0 N–H and O–H groups in total. The topological polar surface area (TPSA) is 60.2 Å². The first-order chi connectivity index (χ1) is 7.13. The van der Waals surface area contributed by atoms with Gasteiger partial charge in [-0.1, -0.05) is 6.92 Å². The zero-order valence-electron chi connectivity index (χ0n) is 8.98. The van der Waals surface area contributed by atoms with E-state index in [-0.39, 0.29) is 5.78 Å². The summed E-state index contributed by atoms with van der Waals surface area (Å²) in [6, 6.07) is 0. The van der Waals surface area contributed by atoms with Crippen molar-refractivity contribution >= 4 is 11.6 Å². The van der Waals surface area contributed by atoms with Gasteiger partial charge in [-0.25, -0.2) is 9.50 Å². The molecule has 5 nitrogen and oxygen atoms in total. The molecule has 0 saturated carbocycles. The van der Waals surface area contributed by atoms with Gasteiger partial charge >= 0.3 is 0 Å². The summed E-state index contributed by atoms with van der Waals surface area (Å²) < 4.78 is 1.62. The lowest BCUT2D eigenvalue weighted by Crippen LogP contribution is -2.05. The average Bonchev–Trinajstić information content (AvgIpc) is 2.61. The van der Waals surface area contributed by atoms with Crippen molar-refractivity contribution in [1.29, 1.82) is 0 Å². The minimum Gasteiger partial charge on any atom is -0.294 e. The van der Waals surface area contributed by atoms with Gasteiger partial charge in [-0.05, 0) is 13.8 Å². The maximum absolute atomic E-state index is 11.3. The second-order valence-electron chi connectivity index (χ2n) is 3.41. The number of aromatic nitrogens is 4. The summed E-state index contributed by atoms with van der Waals surface area (Å²) in [4.78, 5) is 19.6. The van der Waals surface area contributed by atoms with Crippen LogP contribution >= 0.6 is 0 Å². The van der Waals surface area contributed by atoms with Crippen LogP contribution in [-0.4, -0.2) is 25.4 Å². The zero-order chi connectivity index (χ0) is 11.0. The number of fused-ring (bicyclic) bond motifs is 1. The molecule has 0 amide bonds. The number of carbonyl (C=O) groups is 1. The molecule has 0 aliphatic carbocycles. The Morgan fingerprint density at radius 3 is 2.87 bits per heavy atom. The van der Waals surface area contributed by atoms with E-state index in [0.717, 1.165) is 17.9 Å². The summed E-state index contributed by atoms with van der Waals surface area (Å²) in [6.07, 6.45) is 2.32. The van der Waals surface area contributed by atoms with Gasteiger partial charge in [0.25, 0.3) is 5.78 Å². The summed E-state index contributed by atoms with van der Waals surface area (Å²) in [7, 11) is 0. The summed E-state index contributed by atoms with van der Waals surface area (Å²) in [5.74, 6) is 1.29. The zero-order valence-corrected chi connectivity index (χ0v) is 8.98. The number of nitrogens with zero attached hydrogens (tertiary/aromatic N) is 4. The van der Waals surface area contributed by atoms with Crippen molar-refractivity contribution in [2.45, 2.75) is 27.2 Å². The number of ketones is 1. The van der Waals surface area contributed by atoms with Crippen molar-refractivity contribution in [2.75, 3.05) is 0 Å². The normalized spacial score (nSPS) is 10.9. The number of carbonyl (C=O) groups excluding carboxylic acids is 1. The van der Waals surface area contributed by atoms with Crippen LogP contribution in [0.4, 0.5) is 0 Å². The first-order valence-corrected chi connectivity index (χ1v) is 4.85. The van der Waals surface area contributed by atoms with Gasteiger partial charge in [0.1, 0.15) is 0 Å². The Kier molecular flexibility index (Phi) is 2.22. The molecule has 5 heteroatoms. The van der Waals surface area contributed by atoms with Gasteiger partial charge < -0.3 is 0 Å². The Morgan fingerprint density at radius 2 is 2.27 bits per heavy atom. The van der Waals surface area contributed by atoms with Gasteiger partial charge in [-0.15, -0.1) is 5.10 Å². The summed E-state index contributed by atoms with van der Waals surface area (Å²) >= 11 is 0. The number of hydrogen-bond donors (Lipinski definition) is 0. The van der Waals surface area contributed by atoms with E-state index in [4.69, 9.17) is 0 Å². The Balaban J connectivity index is 2.72. The Hall–Kier alpha value is -1.78. The summed E-state index contributed by atoms with van der Waals surface area (Å²) in [5, 5.41) is 4.26. The van der Waals surface area contributed by atoms with E-state index < -0.39 is 0 Å². The smallest absolute Gasteiger partial charge is 0.252 e. The van der Waals surface area contributed by atoms with Crippen molar-refractivity contribution < 1.29 is 4.79 Å². The summed E-state index contributed by atoms with van der Waals surface area (Å²) in [6.45, 7) is 5.35. The third-order valence-electron chi connectivity index (χ3n) is 2.35. The van der Waals surface area contributed by atoms with Crippen LogP contribution in [0.2, 0.25) is 0 Å². The van der Waals surface area contributed by atoms with Crippen LogP contribution in [0, 0.1) is 6.92 Å². The number of hydrogen-bond acceptors (Lipinski definition) is 4. The van der Waals surface area contributed by atoms with Gasteiger partial charge in [0.15, 0.2) is 11.6 Å². The van der Waals surface area contributed by atoms with E-state index in [9.17, 15) is 4.79 Å². The molecule has 0 unspecified atom stereocenters. The minimum absolute atomic E-state index is 0.00421. The van der Waals surface area contributed by atoms with E-state index in [1.165, 1.54) is 6.92 Å². The van der Waals surface area contributed by atoms with Crippen LogP contribution in [0.25, 0.3) is 5.78 Å². The first kappa shape index (κ1) is 9.76. The minimum atomic E-state index is -0.00421. The standard InChI is InChI=1S/C10H12N4O/c1-4-9-12-10-11-5-8(7(3)15)6(2)14(10)13-9/h5H,4H2,1-3H3. The van der Waals surface area contributed by atoms with Gasteiger partial charge in [0.2, 0.25) is 0 Å². The molecule has 0 bridgehead atoms. The molecule has 0 aromatic carbocycles. The van der Waals surface area contributed by atoms with Gasteiger partial charge in [-0.3, -0.25) is 4.79 Å². The molecular weight excluding hydrogens is 192 g/mol. The lowest BCUT2D eigenvalue weighted by molar-refractivity contribution is 0.101. The van der Waals surface area contributed by atoms with E-state index in [1.54, 1.807) is 10.7 Å². The van der Waals surface area contributed by atoms with Crippen molar-refractivity contribution in [1.82, 2.24) is 19.6 Å². The van der Waals surface area contributed by atoms with Crippen molar-refractivity contribution in [2.24, 2.45) is 0 Å². The molecular formula is C10H12N4O. The van der Waals surface area contributed by atoms with Crippen molar-refractivity contribution in [3.63, 3.8) is 0 Å². The molecule has 0 aliphatic heterocycles. The molecule has 78 valence electrons. The highest BCUT2D eigenvalue weighted by Gasteiger charge is 2.11. The molecule has 0 spiro atoms. The first-order valence-electron chi connectivity index (χ1n) is 4.85. The quantitative estimate of drug-likeness (QED) is 0.689. The Morgan fingerprint density at radius 1 is 1.53 bits per heavy atom. The lowest BCUT2D eigenvalue weighted by atomic mass is 10.2. The second-order valence-corrected chi connectivity index (χ2v) is 3.41. The summed E-state index contributed by atoms with van der Waals surface area (Å²) in [5.41, 5.74) is 1.38. The highest BCUT2D eigenvalue weighted by Crippen LogP contribution is 2.09. The fourth-order valence-corrected chi connectivity index (χ4v) is 1.48. The van der Waals surface area contributed by atoms with Crippen LogP contribution in [0.3, 0.4) is 0 Å². The Bertz CT molecular complexity index is 529. The average molecular weight is 204 g/mol. The highest BCUT2D eigenvalue weighted by molar-refractivity contribution is 5.94. The molecule has 15 heavy (non-hydrogen) atoms. The van der Waals surface area contributed by atoms with Crippen molar-refractivity contribution in [3.8, 4) is 0 Å². The number of Topliss-reactive ketones (excluding diaryl/α,β-unsaturated/α-hetero) is 1. The molecule has 2 rings (SSSR count). The second kappa shape index (κ2) is 3.42. The van der Waals surface area contributed by atoms with Gasteiger partial charge in [0.05, 0.1) is 11.3 Å². The maximum Gasteiger partial charge on any atom is 0.252 e. The molecule has 0 aliphatic rings. The van der Waals surface area contributed by atoms with Crippen LogP contribution in [0.1, 0.15) is 35.7 Å². The SMILES string of the molecule is CCc1nc2ncc(C(C)=O)c(C)n2n1. The van der Waals surface area contributed by atoms with E-state index >= 15 is 0 Å². The fraction of sp³-hybridized carbons (Fsp3) is 0.400. The molecule has 0 saturated heterocycles. The van der Waals surface area contributed by atoms with Crippen LogP contribution in [0.15, 0.2) is 6.20 Å². The van der Waals surface area contributed by atoms with E-state index in [1.807, 2.05) is 13.8 Å². The molecule has 2 aromatic heterocycles. The number of aryl methyl sites for hydroxylation is 2. The van der Waals surface area contributed by atoms with Crippen LogP contribution in [-0.2, 0) is 6.42 Å². The lowest BCUT2D eigenvalue weighted by Gasteiger charge is -2.01. The monoisotopic (exact) mass is 204 g/mol. The fourth-order valence-electron chi connectivity index (χ4n) is 1.48. The van der Waals surface area contributed by atoms with E-state index in [0.29, 0.717) is 11.3 Å². The van der Waals surface area contributed by atoms with Gasteiger partial charge in [-0.2, -0.15) is 4.98 Å². The van der Waals surface area contributed by atoms with E-state index in [2.05, 4.69) is 15.1 Å². The molecule has 0 radical (unpaired) electrons. The molecule has 2 heterocycles. The largest absolute Gasteiger partial charge is 0.294 e.